The van der Waals surface area contributed by atoms with Crippen LogP contribution in [0.4, 0.5) is 15.6 Å². The number of carbonyl (C=O) groups is 2. The molecule has 0 saturated carbocycles. The monoisotopic (exact) mass is 517 g/mol. The van der Waals surface area contributed by atoms with Crippen molar-refractivity contribution in [1.29, 1.82) is 0 Å². The largest absolute Gasteiger partial charge is 0.497 e. The van der Waals surface area contributed by atoms with E-state index in [2.05, 4.69) is 26.1 Å². The summed E-state index contributed by atoms with van der Waals surface area (Å²) in [6, 6.07) is 20.4. The summed E-state index contributed by atoms with van der Waals surface area (Å²) in [7, 11) is 1.57. The number of methoxy groups -OCH3 is 1. The summed E-state index contributed by atoms with van der Waals surface area (Å²) in [5.74, 6) is 1.56. The first-order chi connectivity index (χ1) is 18.1. The molecule has 0 saturated heterocycles. The lowest BCUT2D eigenvalue weighted by molar-refractivity contribution is -0.117. The SMILES string of the molecule is COc1ccc(NC(=O)NC(Cc2ccccc2)C(=O)Nc2nnc(-c3ccc4c(c3)OCO4)s2)cc1. The van der Waals surface area contributed by atoms with Gasteiger partial charge in [-0.05, 0) is 48.0 Å². The van der Waals surface area contributed by atoms with Gasteiger partial charge in [-0.3, -0.25) is 10.1 Å². The van der Waals surface area contributed by atoms with E-state index >= 15 is 0 Å². The van der Waals surface area contributed by atoms with Crippen LogP contribution in [0.2, 0.25) is 0 Å². The van der Waals surface area contributed by atoms with E-state index in [-0.39, 0.29) is 13.2 Å². The van der Waals surface area contributed by atoms with Gasteiger partial charge >= 0.3 is 6.03 Å². The Hall–Kier alpha value is -4.64. The molecule has 1 unspecified atom stereocenters. The van der Waals surface area contributed by atoms with Crippen molar-refractivity contribution < 1.29 is 23.8 Å². The molecule has 0 spiro atoms. The highest BCUT2D eigenvalue weighted by atomic mass is 32.1. The lowest BCUT2D eigenvalue weighted by Gasteiger charge is -2.18. The van der Waals surface area contributed by atoms with Crippen molar-refractivity contribution in [3.63, 3.8) is 0 Å². The molecular weight excluding hydrogens is 494 g/mol. The molecule has 3 aromatic carbocycles. The molecule has 3 amide bonds. The number of nitrogens with zero attached hydrogens (tertiary/aromatic N) is 2. The van der Waals surface area contributed by atoms with Crippen LogP contribution in [0, 0.1) is 0 Å². The van der Waals surface area contributed by atoms with E-state index in [0.29, 0.717) is 33.1 Å². The Morgan fingerprint density at radius 1 is 0.973 bits per heavy atom. The first-order valence-corrected chi connectivity index (χ1v) is 12.2. The zero-order chi connectivity index (χ0) is 25.6. The lowest BCUT2D eigenvalue weighted by Crippen LogP contribution is -2.46. The summed E-state index contributed by atoms with van der Waals surface area (Å²) in [5.41, 5.74) is 2.25. The molecule has 1 aliphatic heterocycles. The molecule has 1 atom stereocenters. The Morgan fingerprint density at radius 2 is 1.76 bits per heavy atom. The van der Waals surface area contributed by atoms with Crippen LogP contribution < -0.4 is 30.2 Å². The van der Waals surface area contributed by atoms with Gasteiger partial charge in [0.2, 0.25) is 17.8 Å². The standard InChI is InChI=1S/C26H23N5O5S/c1-34-19-10-8-18(9-11-19)27-25(33)28-20(13-16-5-3-2-4-6-16)23(32)29-26-31-30-24(37-26)17-7-12-21-22(14-17)36-15-35-21/h2-12,14,20H,13,15H2,1H3,(H2,27,28,33)(H,29,31,32). The first-order valence-electron chi connectivity index (χ1n) is 11.4. The minimum atomic E-state index is -0.862. The van der Waals surface area contributed by atoms with Gasteiger partial charge in [0, 0.05) is 17.7 Å². The van der Waals surface area contributed by atoms with Crippen molar-refractivity contribution in [2.75, 3.05) is 24.5 Å². The Bertz CT molecular complexity index is 1390. The molecule has 188 valence electrons. The maximum Gasteiger partial charge on any atom is 0.319 e. The molecule has 37 heavy (non-hydrogen) atoms. The first kappa shape index (κ1) is 24.1. The van der Waals surface area contributed by atoms with Crippen molar-refractivity contribution in [3.05, 3.63) is 78.4 Å². The van der Waals surface area contributed by atoms with Crippen LogP contribution in [0.15, 0.2) is 72.8 Å². The Balaban J connectivity index is 1.28. The van der Waals surface area contributed by atoms with Crippen LogP contribution in [0.5, 0.6) is 17.2 Å². The number of nitrogens with one attached hydrogen (secondary N) is 3. The van der Waals surface area contributed by atoms with Gasteiger partial charge in [-0.25, -0.2) is 4.79 Å². The topological polar surface area (TPSA) is 124 Å². The number of rotatable bonds is 8. The Kier molecular flexibility index (Phi) is 7.13. The smallest absolute Gasteiger partial charge is 0.319 e. The highest BCUT2D eigenvalue weighted by molar-refractivity contribution is 7.18. The fourth-order valence-electron chi connectivity index (χ4n) is 3.67. The van der Waals surface area contributed by atoms with Gasteiger partial charge in [0.1, 0.15) is 16.8 Å². The summed E-state index contributed by atoms with van der Waals surface area (Å²) in [6.45, 7) is 0.179. The van der Waals surface area contributed by atoms with Crippen LogP contribution in [-0.4, -0.2) is 42.1 Å². The van der Waals surface area contributed by atoms with E-state index in [1.807, 2.05) is 42.5 Å². The van der Waals surface area contributed by atoms with Crippen LogP contribution >= 0.6 is 11.3 Å². The van der Waals surface area contributed by atoms with Crippen LogP contribution in [-0.2, 0) is 11.2 Å². The molecule has 0 fully saturated rings. The average Bonchev–Trinajstić information content (AvgIpc) is 3.58. The van der Waals surface area contributed by atoms with Crippen molar-refractivity contribution in [2.24, 2.45) is 0 Å². The van der Waals surface area contributed by atoms with Crippen molar-refractivity contribution in [2.45, 2.75) is 12.5 Å². The number of urea groups is 1. The molecule has 0 aliphatic carbocycles. The molecule has 3 N–H and O–H groups in total. The van der Waals surface area contributed by atoms with Gasteiger partial charge in [0.05, 0.1) is 7.11 Å². The predicted octanol–water partition coefficient (Wildman–Crippen LogP) is 4.31. The molecule has 5 rings (SSSR count). The summed E-state index contributed by atoms with van der Waals surface area (Å²) < 4.78 is 15.9. The van der Waals surface area contributed by atoms with Crippen LogP contribution in [0.25, 0.3) is 10.6 Å². The van der Waals surface area contributed by atoms with E-state index in [0.717, 1.165) is 11.1 Å². The van der Waals surface area contributed by atoms with Crippen molar-refractivity contribution in [3.8, 4) is 27.8 Å². The number of hydrogen-bond donors (Lipinski definition) is 3. The van der Waals surface area contributed by atoms with Crippen molar-refractivity contribution >= 4 is 34.1 Å². The number of hydrogen-bond acceptors (Lipinski definition) is 8. The van der Waals surface area contributed by atoms with Crippen LogP contribution in [0.1, 0.15) is 5.56 Å². The average molecular weight is 518 g/mol. The highest BCUT2D eigenvalue weighted by Gasteiger charge is 2.23. The number of benzene rings is 3. The van der Waals surface area contributed by atoms with E-state index in [1.54, 1.807) is 37.4 Å². The van der Waals surface area contributed by atoms with Gasteiger partial charge in [0.15, 0.2) is 11.5 Å². The molecule has 11 heteroatoms. The molecule has 1 aromatic heterocycles. The molecule has 2 heterocycles. The molecule has 1 aliphatic rings. The second-order valence-corrected chi connectivity index (χ2v) is 9.02. The molecule has 0 radical (unpaired) electrons. The van der Waals surface area contributed by atoms with Gasteiger partial charge in [-0.1, -0.05) is 41.7 Å². The third kappa shape index (κ3) is 5.96. The zero-order valence-corrected chi connectivity index (χ0v) is 20.6. The van der Waals surface area contributed by atoms with Crippen molar-refractivity contribution in [1.82, 2.24) is 15.5 Å². The summed E-state index contributed by atoms with van der Waals surface area (Å²) in [6.07, 6.45) is 0.288. The normalized spacial score (nSPS) is 12.5. The number of carbonyl (C=O) groups excluding carboxylic acids is 2. The highest BCUT2D eigenvalue weighted by Crippen LogP contribution is 2.37. The van der Waals surface area contributed by atoms with Gasteiger partial charge in [-0.2, -0.15) is 0 Å². The Labute approximate surface area is 216 Å². The molecule has 4 aromatic rings. The summed E-state index contributed by atoms with van der Waals surface area (Å²) >= 11 is 1.22. The Morgan fingerprint density at radius 3 is 2.54 bits per heavy atom. The maximum absolute atomic E-state index is 13.2. The van der Waals surface area contributed by atoms with Gasteiger partial charge < -0.3 is 24.8 Å². The van der Waals surface area contributed by atoms with Crippen LogP contribution in [0.3, 0.4) is 0 Å². The minimum absolute atomic E-state index is 0.179. The molecule has 10 nitrogen and oxygen atoms in total. The second-order valence-electron chi connectivity index (χ2n) is 8.04. The van der Waals surface area contributed by atoms with E-state index < -0.39 is 18.0 Å². The van der Waals surface area contributed by atoms with Gasteiger partial charge in [-0.15, -0.1) is 10.2 Å². The second kappa shape index (κ2) is 11.0. The lowest BCUT2D eigenvalue weighted by atomic mass is 10.1. The number of amides is 3. The fraction of sp³-hybridized carbons (Fsp3) is 0.154. The van der Waals surface area contributed by atoms with Gasteiger partial charge in [0.25, 0.3) is 0 Å². The fourth-order valence-corrected chi connectivity index (χ4v) is 4.41. The number of fused-ring (bicyclic) bond motifs is 1. The number of aromatic nitrogens is 2. The van der Waals surface area contributed by atoms with E-state index in [1.165, 1.54) is 11.3 Å². The quantitative estimate of drug-likeness (QED) is 0.318. The number of ether oxygens (including phenoxy) is 3. The predicted molar refractivity (Wildman–Crippen MR) is 139 cm³/mol. The minimum Gasteiger partial charge on any atom is -0.497 e. The number of anilines is 2. The molecular formula is C26H23N5O5S. The third-order valence-corrected chi connectivity index (χ3v) is 6.41. The summed E-state index contributed by atoms with van der Waals surface area (Å²) in [4.78, 5) is 25.9. The zero-order valence-electron chi connectivity index (χ0n) is 19.8. The van der Waals surface area contributed by atoms with E-state index in [4.69, 9.17) is 14.2 Å². The maximum atomic E-state index is 13.2. The van der Waals surface area contributed by atoms with E-state index in [9.17, 15) is 9.59 Å². The molecule has 0 bridgehead atoms. The third-order valence-electron chi connectivity index (χ3n) is 5.53. The summed E-state index contributed by atoms with van der Waals surface area (Å²) in [5, 5.41) is 17.5.